The second-order valence-corrected chi connectivity index (χ2v) is 6.39. The van der Waals surface area contributed by atoms with Crippen molar-refractivity contribution in [3.8, 4) is 0 Å². The van der Waals surface area contributed by atoms with Gasteiger partial charge in [0.1, 0.15) is 6.54 Å². The molecule has 0 fully saturated rings. The van der Waals surface area contributed by atoms with Gasteiger partial charge in [-0.15, -0.1) is 0 Å². The van der Waals surface area contributed by atoms with Gasteiger partial charge in [0.15, 0.2) is 5.16 Å². The number of benzene rings is 2. The number of carbonyl (C=O) groups is 1. The maximum Gasteiger partial charge on any atom is 0.291 e. The number of halogens is 2. The van der Waals surface area contributed by atoms with Crippen molar-refractivity contribution < 1.29 is 13.6 Å². The highest BCUT2D eigenvalue weighted by Gasteiger charge is 2.17. The maximum absolute atomic E-state index is 12.8. The Bertz CT molecular complexity index is 852. The fraction of sp³-hybridized carbons (Fsp3) is 0.222. The largest absolute Gasteiger partial charge is 0.354 e. The van der Waals surface area contributed by atoms with Gasteiger partial charge in [-0.1, -0.05) is 42.5 Å². The van der Waals surface area contributed by atoms with Crippen LogP contribution in [-0.2, 0) is 17.8 Å². The lowest BCUT2D eigenvalue weighted by Crippen LogP contribution is -2.29. The van der Waals surface area contributed by atoms with E-state index in [4.69, 9.17) is 0 Å². The first kappa shape index (κ1) is 17.4. The smallest absolute Gasteiger partial charge is 0.291 e. The first-order valence-electron chi connectivity index (χ1n) is 7.84. The van der Waals surface area contributed by atoms with Crippen LogP contribution in [0, 0.1) is 0 Å². The summed E-state index contributed by atoms with van der Waals surface area (Å²) < 4.78 is 27.1. The molecule has 1 amide bonds. The van der Waals surface area contributed by atoms with Crippen LogP contribution in [0.2, 0.25) is 0 Å². The highest BCUT2D eigenvalue weighted by molar-refractivity contribution is 7.99. The predicted molar refractivity (Wildman–Crippen MR) is 94.7 cm³/mol. The topological polar surface area (TPSA) is 46.9 Å². The highest BCUT2D eigenvalue weighted by Crippen LogP contribution is 2.28. The molecule has 4 nitrogen and oxygen atoms in total. The number of carbonyl (C=O) groups excluding carboxylic acids is 1. The van der Waals surface area contributed by atoms with E-state index < -0.39 is 5.76 Å². The van der Waals surface area contributed by atoms with Crippen LogP contribution in [0.5, 0.6) is 0 Å². The number of thioether (sulfide) groups is 1. The fourth-order valence-electron chi connectivity index (χ4n) is 2.57. The van der Waals surface area contributed by atoms with Crippen molar-refractivity contribution in [1.29, 1.82) is 0 Å². The average molecular weight is 361 g/mol. The Morgan fingerprint density at radius 2 is 1.84 bits per heavy atom. The molecule has 1 heterocycles. The van der Waals surface area contributed by atoms with Crippen LogP contribution in [0.1, 0.15) is 5.56 Å². The van der Waals surface area contributed by atoms with E-state index >= 15 is 0 Å². The van der Waals surface area contributed by atoms with Gasteiger partial charge in [-0.2, -0.15) is 8.78 Å². The number of nitrogens with zero attached hydrogens (tertiary/aromatic N) is 2. The van der Waals surface area contributed by atoms with Gasteiger partial charge in [-0.25, -0.2) is 4.98 Å². The van der Waals surface area contributed by atoms with E-state index in [9.17, 15) is 13.6 Å². The van der Waals surface area contributed by atoms with Gasteiger partial charge in [-0.3, -0.25) is 4.79 Å². The van der Waals surface area contributed by atoms with E-state index in [1.165, 1.54) is 4.57 Å². The molecule has 0 saturated carbocycles. The quantitative estimate of drug-likeness (QED) is 0.653. The van der Waals surface area contributed by atoms with Crippen molar-refractivity contribution >= 4 is 28.7 Å². The maximum atomic E-state index is 12.8. The number of rotatable bonds is 7. The van der Waals surface area contributed by atoms with Crippen LogP contribution >= 0.6 is 11.8 Å². The molecule has 2 aromatic carbocycles. The summed E-state index contributed by atoms with van der Waals surface area (Å²) in [5.41, 5.74) is 2.40. The van der Waals surface area contributed by atoms with Crippen molar-refractivity contribution in [3.05, 3.63) is 60.2 Å². The molecular weight excluding hydrogens is 344 g/mol. The number of aromatic nitrogens is 2. The molecule has 0 radical (unpaired) electrons. The summed E-state index contributed by atoms with van der Waals surface area (Å²) in [6.07, 6.45) is 0.718. The molecule has 0 bridgehead atoms. The van der Waals surface area contributed by atoms with Crippen LogP contribution in [0.15, 0.2) is 59.8 Å². The van der Waals surface area contributed by atoms with E-state index in [2.05, 4.69) is 10.3 Å². The van der Waals surface area contributed by atoms with Crippen molar-refractivity contribution in [1.82, 2.24) is 14.9 Å². The van der Waals surface area contributed by atoms with E-state index in [1.54, 1.807) is 24.3 Å². The lowest BCUT2D eigenvalue weighted by atomic mass is 10.1. The van der Waals surface area contributed by atoms with Crippen molar-refractivity contribution in [2.24, 2.45) is 0 Å². The number of nitrogens with one attached hydrogen (secondary N) is 1. The minimum atomic E-state index is -2.59. The Hall–Kier alpha value is -2.41. The number of hydrogen-bond acceptors (Lipinski definition) is 3. The minimum absolute atomic E-state index is 0.0373. The lowest BCUT2D eigenvalue weighted by molar-refractivity contribution is -0.121. The average Bonchev–Trinajstić information content (AvgIpc) is 2.92. The molecule has 25 heavy (non-hydrogen) atoms. The zero-order valence-corrected chi connectivity index (χ0v) is 14.2. The normalized spacial score (nSPS) is 11.2. The third-order valence-corrected chi connectivity index (χ3v) is 4.40. The fourth-order valence-corrected chi connectivity index (χ4v) is 3.17. The summed E-state index contributed by atoms with van der Waals surface area (Å²) in [5, 5.41) is 2.98. The molecule has 7 heteroatoms. The van der Waals surface area contributed by atoms with Crippen LogP contribution < -0.4 is 5.32 Å². The third-order valence-electron chi connectivity index (χ3n) is 3.69. The highest BCUT2D eigenvalue weighted by atomic mass is 32.2. The summed E-state index contributed by atoms with van der Waals surface area (Å²) in [6.45, 7) is 0.456. The monoisotopic (exact) mass is 361 g/mol. The first-order chi connectivity index (χ1) is 12.1. The number of amides is 1. The Kier molecular flexibility index (Phi) is 5.65. The van der Waals surface area contributed by atoms with Gasteiger partial charge in [0.25, 0.3) is 5.76 Å². The van der Waals surface area contributed by atoms with Gasteiger partial charge >= 0.3 is 0 Å². The van der Waals surface area contributed by atoms with Gasteiger partial charge < -0.3 is 9.88 Å². The van der Waals surface area contributed by atoms with Gasteiger partial charge in [0.05, 0.1) is 11.0 Å². The molecule has 3 aromatic rings. The second-order valence-electron chi connectivity index (χ2n) is 5.43. The van der Waals surface area contributed by atoms with Crippen molar-refractivity contribution in [2.75, 3.05) is 6.54 Å². The minimum Gasteiger partial charge on any atom is -0.354 e. The zero-order chi connectivity index (χ0) is 17.6. The van der Waals surface area contributed by atoms with Gasteiger partial charge in [-0.05, 0) is 35.9 Å². The molecular formula is C18H17F2N3OS. The van der Waals surface area contributed by atoms with Gasteiger partial charge in [0, 0.05) is 6.54 Å². The first-order valence-corrected chi connectivity index (χ1v) is 8.72. The Morgan fingerprint density at radius 3 is 2.60 bits per heavy atom. The molecule has 0 aliphatic rings. The van der Waals surface area contributed by atoms with Crippen molar-refractivity contribution in [3.63, 3.8) is 0 Å². The summed E-state index contributed by atoms with van der Waals surface area (Å²) in [6, 6.07) is 16.9. The molecule has 0 aliphatic heterocycles. The molecule has 1 N–H and O–H groups in total. The van der Waals surface area contributed by atoms with E-state index in [0.717, 1.165) is 12.0 Å². The molecule has 0 spiro atoms. The second kappa shape index (κ2) is 8.11. The summed E-state index contributed by atoms with van der Waals surface area (Å²) >= 11 is 0.352. The molecule has 0 atom stereocenters. The standard InChI is InChI=1S/C18H17F2N3OS/c19-17(20)25-18-22-14-8-4-5-9-15(14)23(18)12-16(24)21-11-10-13-6-2-1-3-7-13/h1-9,17H,10-12H2,(H,21,24). The molecule has 0 aliphatic carbocycles. The zero-order valence-electron chi connectivity index (χ0n) is 13.4. The van der Waals surface area contributed by atoms with Gasteiger partial charge in [0.2, 0.25) is 5.91 Å². The third kappa shape index (κ3) is 4.57. The van der Waals surface area contributed by atoms with E-state index in [1.807, 2.05) is 30.3 Å². The Morgan fingerprint density at radius 1 is 1.12 bits per heavy atom. The van der Waals surface area contributed by atoms with E-state index in [-0.39, 0.29) is 17.6 Å². The number of alkyl halides is 2. The van der Waals surface area contributed by atoms with Crippen molar-refractivity contribution in [2.45, 2.75) is 23.9 Å². The summed E-state index contributed by atoms with van der Waals surface area (Å²) in [7, 11) is 0. The lowest BCUT2D eigenvalue weighted by Gasteiger charge is -2.09. The molecule has 0 saturated heterocycles. The SMILES string of the molecule is O=C(Cn1c(SC(F)F)nc2ccccc21)NCCc1ccccc1. The molecule has 130 valence electrons. The Labute approximate surface area is 148 Å². The number of hydrogen-bond donors (Lipinski definition) is 1. The van der Waals surface area contributed by atoms with Crippen LogP contribution in [0.3, 0.4) is 0 Å². The number of para-hydroxylation sites is 2. The number of fused-ring (bicyclic) bond motifs is 1. The van der Waals surface area contributed by atoms with E-state index in [0.29, 0.717) is 29.3 Å². The summed E-state index contributed by atoms with van der Waals surface area (Å²) in [4.78, 5) is 16.4. The van der Waals surface area contributed by atoms with Crippen LogP contribution in [-0.4, -0.2) is 27.8 Å². The number of imidazole rings is 1. The molecule has 0 unspecified atom stereocenters. The van der Waals surface area contributed by atoms with Crippen LogP contribution in [0.4, 0.5) is 8.78 Å². The predicted octanol–water partition coefficient (Wildman–Crippen LogP) is 3.71. The summed E-state index contributed by atoms with van der Waals surface area (Å²) in [5.74, 6) is -2.81. The van der Waals surface area contributed by atoms with Crippen LogP contribution in [0.25, 0.3) is 11.0 Å². The molecule has 1 aromatic heterocycles. The Balaban J connectivity index is 1.67. The molecule has 3 rings (SSSR count).